The van der Waals surface area contributed by atoms with Gasteiger partial charge in [0.2, 0.25) is 0 Å². The highest BCUT2D eigenvalue weighted by Crippen LogP contribution is 2.33. The van der Waals surface area contributed by atoms with Crippen molar-refractivity contribution < 1.29 is 14.3 Å². The molecular formula is C26H25N3O3S. The number of nitrogens with zero attached hydrogens (tertiary/aromatic N) is 3. The molecule has 0 unspecified atom stereocenters. The molecule has 1 atom stereocenters. The molecule has 0 aliphatic heterocycles. The summed E-state index contributed by atoms with van der Waals surface area (Å²) in [6.45, 7) is 3.64. The number of Topliss-reactive ketones (excluding diaryl/α,β-unsaturated/α-hetero) is 1. The lowest BCUT2D eigenvalue weighted by atomic mass is 10.1. The Bertz CT molecular complexity index is 1240. The van der Waals surface area contributed by atoms with E-state index in [-0.39, 0.29) is 17.6 Å². The first kappa shape index (κ1) is 22.6. The Balaban J connectivity index is 1.69. The molecule has 4 rings (SSSR count). The van der Waals surface area contributed by atoms with Crippen molar-refractivity contribution in [3.8, 4) is 28.3 Å². The molecule has 0 saturated carbocycles. The number of ketones is 1. The van der Waals surface area contributed by atoms with Crippen molar-refractivity contribution >= 4 is 17.5 Å². The lowest BCUT2D eigenvalue weighted by Gasteiger charge is -2.16. The molecule has 1 heterocycles. The maximum absolute atomic E-state index is 11.9. The van der Waals surface area contributed by atoms with E-state index in [1.165, 1.54) is 11.8 Å². The summed E-state index contributed by atoms with van der Waals surface area (Å²) in [5.41, 5.74) is 2.87. The zero-order valence-electron chi connectivity index (χ0n) is 18.8. The van der Waals surface area contributed by atoms with E-state index in [0.717, 1.165) is 22.6 Å². The van der Waals surface area contributed by atoms with Gasteiger partial charge in [-0.15, -0.1) is 10.2 Å². The molecule has 0 radical (unpaired) electrons. The number of aromatic nitrogens is 3. The Labute approximate surface area is 197 Å². The second-order valence-electron chi connectivity index (χ2n) is 7.43. The van der Waals surface area contributed by atoms with Gasteiger partial charge in [-0.2, -0.15) is 0 Å². The van der Waals surface area contributed by atoms with Crippen molar-refractivity contribution in [1.82, 2.24) is 14.8 Å². The standard InChI is InChI=1S/C26H25N3O3S/c1-18(30)19(2)33-26-28-27-25(29(26)22-14-8-10-16-24(22)31-3)17-32-23-15-9-7-13-21(23)20-11-5-4-6-12-20/h4-16,19H,17H2,1-3H3/t19-/m0/s1. The summed E-state index contributed by atoms with van der Waals surface area (Å²) in [6, 6.07) is 25.7. The lowest BCUT2D eigenvalue weighted by Crippen LogP contribution is -2.12. The number of rotatable bonds is 9. The van der Waals surface area contributed by atoms with Crippen LogP contribution in [0.15, 0.2) is 84.0 Å². The molecule has 168 valence electrons. The second kappa shape index (κ2) is 10.4. The van der Waals surface area contributed by atoms with E-state index in [1.807, 2.05) is 78.2 Å². The zero-order chi connectivity index (χ0) is 23.2. The van der Waals surface area contributed by atoms with Gasteiger partial charge in [-0.3, -0.25) is 9.36 Å². The fourth-order valence-corrected chi connectivity index (χ4v) is 4.24. The molecule has 0 amide bonds. The summed E-state index contributed by atoms with van der Waals surface area (Å²) >= 11 is 1.36. The summed E-state index contributed by atoms with van der Waals surface area (Å²) in [4.78, 5) is 11.9. The van der Waals surface area contributed by atoms with Gasteiger partial charge in [0.05, 0.1) is 18.0 Å². The summed E-state index contributed by atoms with van der Waals surface area (Å²) in [7, 11) is 1.63. The number of para-hydroxylation sites is 3. The van der Waals surface area contributed by atoms with Crippen LogP contribution in [0.2, 0.25) is 0 Å². The highest BCUT2D eigenvalue weighted by atomic mass is 32.2. The Morgan fingerprint density at radius 1 is 0.939 bits per heavy atom. The molecule has 33 heavy (non-hydrogen) atoms. The number of carbonyl (C=O) groups is 1. The Morgan fingerprint density at radius 2 is 1.61 bits per heavy atom. The van der Waals surface area contributed by atoms with Crippen LogP contribution in [0.25, 0.3) is 16.8 Å². The minimum Gasteiger partial charge on any atom is -0.495 e. The number of ether oxygens (including phenoxy) is 2. The molecule has 1 aromatic heterocycles. The lowest BCUT2D eigenvalue weighted by molar-refractivity contribution is -0.116. The number of hydrogen-bond acceptors (Lipinski definition) is 6. The normalized spacial score (nSPS) is 11.7. The molecule has 0 fully saturated rings. The first-order valence-corrected chi connectivity index (χ1v) is 11.5. The largest absolute Gasteiger partial charge is 0.495 e. The van der Waals surface area contributed by atoms with Crippen LogP contribution < -0.4 is 9.47 Å². The highest BCUT2D eigenvalue weighted by molar-refractivity contribution is 8.00. The van der Waals surface area contributed by atoms with Crippen LogP contribution in [0.5, 0.6) is 11.5 Å². The monoisotopic (exact) mass is 459 g/mol. The summed E-state index contributed by atoms with van der Waals surface area (Å²) in [5, 5.41) is 9.12. The van der Waals surface area contributed by atoms with E-state index >= 15 is 0 Å². The fraction of sp³-hybridized carbons (Fsp3) is 0.192. The zero-order valence-corrected chi connectivity index (χ0v) is 19.6. The summed E-state index contributed by atoms with van der Waals surface area (Å²) in [5.74, 6) is 2.12. The summed E-state index contributed by atoms with van der Waals surface area (Å²) in [6.07, 6.45) is 0. The average molecular weight is 460 g/mol. The minimum atomic E-state index is -0.254. The molecule has 3 aromatic carbocycles. The van der Waals surface area contributed by atoms with Crippen molar-refractivity contribution in [3.05, 3.63) is 84.7 Å². The predicted octanol–water partition coefficient (Wildman–Crippen LogP) is 5.59. The molecule has 0 spiro atoms. The molecule has 0 aliphatic carbocycles. The van der Waals surface area contributed by atoms with E-state index in [2.05, 4.69) is 22.3 Å². The van der Waals surface area contributed by atoms with E-state index in [9.17, 15) is 4.79 Å². The van der Waals surface area contributed by atoms with Crippen molar-refractivity contribution in [2.75, 3.05) is 7.11 Å². The van der Waals surface area contributed by atoms with Crippen LogP contribution in [0.1, 0.15) is 19.7 Å². The van der Waals surface area contributed by atoms with Gasteiger partial charge in [-0.05, 0) is 37.6 Å². The molecule has 6 nitrogen and oxygen atoms in total. The van der Waals surface area contributed by atoms with Gasteiger partial charge < -0.3 is 9.47 Å². The maximum Gasteiger partial charge on any atom is 0.196 e. The molecule has 0 saturated heterocycles. The topological polar surface area (TPSA) is 66.2 Å². The van der Waals surface area contributed by atoms with Gasteiger partial charge in [0.1, 0.15) is 23.9 Å². The molecule has 0 aliphatic rings. The number of hydrogen-bond donors (Lipinski definition) is 0. The van der Waals surface area contributed by atoms with Gasteiger partial charge in [0.25, 0.3) is 0 Å². The Hall–Kier alpha value is -3.58. The van der Waals surface area contributed by atoms with Gasteiger partial charge >= 0.3 is 0 Å². The van der Waals surface area contributed by atoms with E-state index in [4.69, 9.17) is 9.47 Å². The molecule has 7 heteroatoms. The number of methoxy groups -OCH3 is 1. The van der Waals surface area contributed by atoms with E-state index in [0.29, 0.717) is 16.7 Å². The van der Waals surface area contributed by atoms with Crippen molar-refractivity contribution in [2.24, 2.45) is 0 Å². The van der Waals surface area contributed by atoms with Crippen LogP contribution in [0.4, 0.5) is 0 Å². The van der Waals surface area contributed by atoms with Gasteiger partial charge in [0, 0.05) is 5.56 Å². The van der Waals surface area contributed by atoms with Crippen LogP contribution in [-0.4, -0.2) is 32.9 Å². The van der Waals surface area contributed by atoms with Crippen LogP contribution >= 0.6 is 11.8 Å². The molecule has 0 bridgehead atoms. The van der Waals surface area contributed by atoms with Crippen LogP contribution in [0, 0.1) is 0 Å². The average Bonchev–Trinajstić information content (AvgIpc) is 3.25. The molecular weight excluding hydrogens is 434 g/mol. The van der Waals surface area contributed by atoms with Crippen LogP contribution in [-0.2, 0) is 11.4 Å². The first-order chi connectivity index (χ1) is 16.1. The molecule has 4 aromatic rings. The highest BCUT2D eigenvalue weighted by Gasteiger charge is 2.21. The maximum atomic E-state index is 11.9. The number of carbonyl (C=O) groups excluding carboxylic acids is 1. The quantitative estimate of drug-likeness (QED) is 0.304. The third-order valence-electron chi connectivity index (χ3n) is 5.21. The first-order valence-electron chi connectivity index (χ1n) is 10.6. The third-order valence-corrected chi connectivity index (χ3v) is 6.37. The third kappa shape index (κ3) is 5.09. The smallest absolute Gasteiger partial charge is 0.196 e. The van der Waals surface area contributed by atoms with Gasteiger partial charge in [0.15, 0.2) is 11.0 Å². The second-order valence-corrected chi connectivity index (χ2v) is 8.74. The van der Waals surface area contributed by atoms with Crippen molar-refractivity contribution in [3.63, 3.8) is 0 Å². The fourth-order valence-electron chi connectivity index (χ4n) is 3.36. The Kier molecular flexibility index (Phi) is 7.10. The van der Waals surface area contributed by atoms with E-state index < -0.39 is 0 Å². The summed E-state index contributed by atoms with van der Waals surface area (Å²) < 4.78 is 13.7. The van der Waals surface area contributed by atoms with Crippen molar-refractivity contribution in [1.29, 1.82) is 0 Å². The number of thioether (sulfide) groups is 1. The van der Waals surface area contributed by atoms with Crippen molar-refractivity contribution in [2.45, 2.75) is 30.9 Å². The van der Waals surface area contributed by atoms with E-state index in [1.54, 1.807) is 14.0 Å². The number of benzene rings is 3. The SMILES string of the molecule is COc1ccccc1-n1c(COc2ccccc2-c2ccccc2)nnc1S[C@@H](C)C(C)=O. The molecule has 0 N–H and O–H groups in total. The van der Waals surface area contributed by atoms with Gasteiger partial charge in [-0.25, -0.2) is 0 Å². The predicted molar refractivity (Wildman–Crippen MR) is 130 cm³/mol. The Morgan fingerprint density at radius 3 is 2.33 bits per heavy atom. The van der Waals surface area contributed by atoms with Crippen LogP contribution in [0.3, 0.4) is 0 Å². The van der Waals surface area contributed by atoms with Gasteiger partial charge in [-0.1, -0.05) is 72.4 Å². The minimum absolute atomic E-state index is 0.0733.